The molecule has 2 aromatic carbocycles. The molecule has 8 nitrogen and oxygen atoms in total. The molecule has 1 atom stereocenters. The second-order valence-electron chi connectivity index (χ2n) is 6.29. The largest absolute Gasteiger partial charge is 0.450 e. The SMILES string of the molecule is CC1=CC(=O)C(C(=O)/C=C/c2ccc(Oc3ccc(F)cc3)c([N+](=O)[O-])c2)C(=O)O1. The molecule has 9 heteroatoms. The molecule has 0 bridgehead atoms. The molecule has 1 aliphatic heterocycles. The number of carbonyl (C=O) groups is 3. The van der Waals surface area contributed by atoms with E-state index in [2.05, 4.69) is 0 Å². The number of hydrogen-bond donors (Lipinski definition) is 0. The van der Waals surface area contributed by atoms with Crippen LogP contribution in [0.25, 0.3) is 6.08 Å². The zero-order valence-electron chi connectivity index (χ0n) is 15.5. The second-order valence-corrected chi connectivity index (χ2v) is 6.29. The molecule has 1 unspecified atom stereocenters. The number of hydrogen-bond acceptors (Lipinski definition) is 7. The van der Waals surface area contributed by atoms with Gasteiger partial charge in [-0.25, -0.2) is 4.39 Å². The van der Waals surface area contributed by atoms with Gasteiger partial charge in [0.1, 0.15) is 17.3 Å². The van der Waals surface area contributed by atoms with E-state index in [0.717, 1.165) is 30.4 Å². The van der Waals surface area contributed by atoms with E-state index in [-0.39, 0.29) is 28.5 Å². The lowest BCUT2D eigenvalue weighted by molar-refractivity contribution is -0.385. The Morgan fingerprint density at radius 3 is 2.53 bits per heavy atom. The summed E-state index contributed by atoms with van der Waals surface area (Å²) in [5.41, 5.74) is -0.120. The van der Waals surface area contributed by atoms with E-state index in [1.54, 1.807) is 0 Å². The van der Waals surface area contributed by atoms with Crippen molar-refractivity contribution in [2.24, 2.45) is 5.92 Å². The van der Waals surface area contributed by atoms with Gasteiger partial charge in [-0.2, -0.15) is 0 Å². The summed E-state index contributed by atoms with van der Waals surface area (Å²) in [6.07, 6.45) is 3.28. The molecule has 0 saturated heterocycles. The molecular formula is C21H14FNO7. The minimum atomic E-state index is -1.60. The van der Waals surface area contributed by atoms with Crippen molar-refractivity contribution >= 4 is 29.3 Å². The standard InChI is InChI=1S/C21H14FNO7/c1-12-10-18(25)20(21(26)29-12)17(24)8-2-13-3-9-19(16(11-13)23(27)28)30-15-6-4-14(22)5-7-15/h2-11,20H,1H3/b8-2+. The first kappa shape index (κ1) is 20.6. The third-order valence-electron chi connectivity index (χ3n) is 4.07. The van der Waals surface area contributed by atoms with Gasteiger partial charge >= 0.3 is 11.7 Å². The zero-order chi connectivity index (χ0) is 21.8. The van der Waals surface area contributed by atoms with E-state index in [9.17, 15) is 28.9 Å². The van der Waals surface area contributed by atoms with Crippen LogP contribution < -0.4 is 4.74 Å². The van der Waals surface area contributed by atoms with Crippen molar-refractivity contribution in [2.75, 3.05) is 0 Å². The van der Waals surface area contributed by atoms with E-state index < -0.39 is 34.2 Å². The fourth-order valence-electron chi connectivity index (χ4n) is 2.67. The Morgan fingerprint density at radius 2 is 1.90 bits per heavy atom. The molecule has 0 amide bonds. The van der Waals surface area contributed by atoms with Crippen LogP contribution in [-0.2, 0) is 19.1 Å². The van der Waals surface area contributed by atoms with Crippen LogP contribution in [0.2, 0.25) is 0 Å². The Kier molecular flexibility index (Phi) is 5.82. The van der Waals surface area contributed by atoms with Crippen molar-refractivity contribution in [3.63, 3.8) is 0 Å². The summed E-state index contributed by atoms with van der Waals surface area (Å²) in [5.74, 6) is -4.31. The number of esters is 1. The van der Waals surface area contributed by atoms with Crippen LogP contribution in [0.4, 0.5) is 10.1 Å². The zero-order valence-corrected chi connectivity index (χ0v) is 15.5. The maximum atomic E-state index is 13.0. The molecule has 0 radical (unpaired) electrons. The van der Waals surface area contributed by atoms with Gasteiger partial charge in [0.2, 0.25) is 5.75 Å². The number of carbonyl (C=O) groups excluding carboxylic acids is 3. The Labute approximate surface area is 169 Å². The maximum absolute atomic E-state index is 13.0. The maximum Gasteiger partial charge on any atom is 0.329 e. The number of benzene rings is 2. The Balaban J connectivity index is 1.81. The van der Waals surface area contributed by atoms with Crippen molar-refractivity contribution in [1.29, 1.82) is 0 Å². The van der Waals surface area contributed by atoms with Gasteiger partial charge in [-0.05, 0) is 48.9 Å². The number of nitro groups is 1. The van der Waals surface area contributed by atoms with Crippen molar-refractivity contribution in [3.05, 3.63) is 81.9 Å². The van der Waals surface area contributed by atoms with Crippen LogP contribution in [0.5, 0.6) is 11.5 Å². The third-order valence-corrected chi connectivity index (χ3v) is 4.07. The van der Waals surface area contributed by atoms with E-state index in [0.29, 0.717) is 0 Å². The lowest BCUT2D eigenvalue weighted by Gasteiger charge is -2.15. The number of nitro benzene ring substituents is 1. The molecular weight excluding hydrogens is 397 g/mol. The van der Waals surface area contributed by atoms with Gasteiger partial charge in [0.25, 0.3) is 0 Å². The van der Waals surface area contributed by atoms with E-state index in [1.165, 1.54) is 37.3 Å². The summed E-state index contributed by atoms with van der Waals surface area (Å²) in [5, 5.41) is 11.4. The quantitative estimate of drug-likeness (QED) is 0.234. The topological polar surface area (TPSA) is 113 Å². The highest BCUT2D eigenvalue weighted by Gasteiger charge is 2.36. The second kappa shape index (κ2) is 8.48. The van der Waals surface area contributed by atoms with Crippen LogP contribution in [-0.4, -0.2) is 22.5 Å². The first-order valence-electron chi connectivity index (χ1n) is 8.62. The molecule has 0 saturated carbocycles. The van der Waals surface area contributed by atoms with Crippen LogP contribution in [0.1, 0.15) is 12.5 Å². The van der Waals surface area contributed by atoms with Crippen LogP contribution in [0, 0.1) is 21.8 Å². The van der Waals surface area contributed by atoms with E-state index in [4.69, 9.17) is 9.47 Å². The molecule has 0 spiro atoms. The molecule has 1 aliphatic rings. The average Bonchev–Trinajstić information content (AvgIpc) is 2.68. The molecule has 3 rings (SSSR count). The summed E-state index contributed by atoms with van der Waals surface area (Å²) < 4.78 is 23.2. The van der Waals surface area contributed by atoms with Crippen LogP contribution in [0.3, 0.4) is 0 Å². The minimum Gasteiger partial charge on any atom is -0.450 e. The first-order valence-corrected chi connectivity index (χ1v) is 8.62. The van der Waals surface area contributed by atoms with Gasteiger partial charge in [0.15, 0.2) is 17.5 Å². The number of rotatable bonds is 6. The third kappa shape index (κ3) is 4.64. The van der Waals surface area contributed by atoms with Gasteiger partial charge in [-0.3, -0.25) is 24.5 Å². The monoisotopic (exact) mass is 411 g/mol. The number of allylic oxidation sites excluding steroid dienone is 3. The van der Waals surface area contributed by atoms with Crippen molar-refractivity contribution < 1.29 is 33.2 Å². The highest BCUT2D eigenvalue weighted by Crippen LogP contribution is 2.32. The summed E-state index contributed by atoms with van der Waals surface area (Å²) in [4.78, 5) is 46.6. The van der Waals surface area contributed by atoms with Gasteiger partial charge in [-0.1, -0.05) is 12.1 Å². The normalized spacial score (nSPS) is 16.2. The Bertz CT molecular complexity index is 1100. The number of ketones is 2. The molecule has 0 N–H and O–H groups in total. The fourth-order valence-corrected chi connectivity index (χ4v) is 2.67. The van der Waals surface area contributed by atoms with Crippen molar-refractivity contribution in [1.82, 2.24) is 0 Å². The van der Waals surface area contributed by atoms with Gasteiger partial charge < -0.3 is 9.47 Å². The number of halogens is 1. The molecule has 30 heavy (non-hydrogen) atoms. The lowest BCUT2D eigenvalue weighted by atomic mass is 9.96. The predicted molar refractivity (Wildman–Crippen MR) is 102 cm³/mol. The van der Waals surface area contributed by atoms with Crippen molar-refractivity contribution in [2.45, 2.75) is 6.92 Å². The lowest BCUT2D eigenvalue weighted by Crippen LogP contribution is -2.34. The summed E-state index contributed by atoms with van der Waals surface area (Å²) in [7, 11) is 0. The van der Waals surface area contributed by atoms with Crippen molar-refractivity contribution in [3.8, 4) is 11.5 Å². The van der Waals surface area contributed by atoms with Crippen LogP contribution in [0.15, 0.2) is 60.4 Å². The Hall–Kier alpha value is -4.14. The number of cyclic esters (lactones) is 1. The highest BCUT2D eigenvalue weighted by atomic mass is 19.1. The minimum absolute atomic E-state index is 0.0817. The van der Waals surface area contributed by atoms with Gasteiger partial charge in [0, 0.05) is 12.1 Å². The molecule has 0 aromatic heterocycles. The number of nitrogens with zero attached hydrogens (tertiary/aromatic N) is 1. The Morgan fingerprint density at radius 1 is 1.20 bits per heavy atom. The average molecular weight is 411 g/mol. The number of ether oxygens (including phenoxy) is 2. The van der Waals surface area contributed by atoms with Crippen LogP contribution >= 0.6 is 0 Å². The summed E-state index contributed by atoms with van der Waals surface area (Å²) >= 11 is 0. The molecule has 152 valence electrons. The predicted octanol–water partition coefficient (Wildman–Crippen LogP) is 3.75. The first-order chi connectivity index (χ1) is 14.2. The highest BCUT2D eigenvalue weighted by molar-refractivity contribution is 6.25. The molecule has 0 aliphatic carbocycles. The molecule has 1 heterocycles. The smallest absolute Gasteiger partial charge is 0.329 e. The fraction of sp³-hybridized carbons (Fsp3) is 0.0952. The summed E-state index contributed by atoms with van der Waals surface area (Å²) in [6.45, 7) is 1.42. The van der Waals surface area contributed by atoms with Gasteiger partial charge in [-0.15, -0.1) is 0 Å². The van der Waals surface area contributed by atoms with Gasteiger partial charge in [0.05, 0.1) is 4.92 Å². The van der Waals surface area contributed by atoms with E-state index in [1.807, 2.05) is 0 Å². The molecule has 0 fully saturated rings. The summed E-state index contributed by atoms with van der Waals surface area (Å²) in [6, 6.07) is 8.87. The molecule has 2 aromatic rings. The van der Waals surface area contributed by atoms with E-state index >= 15 is 0 Å².